The summed E-state index contributed by atoms with van der Waals surface area (Å²) in [6.45, 7) is 0. The average Bonchev–Trinajstić information content (AvgIpc) is 2.56. The van der Waals surface area contributed by atoms with E-state index in [1.165, 1.54) is 10.8 Å². The maximum Gasteiger partial charge on any atom is 0.177 e. The van der Waals surface area contributed by atoms with Crippen molar-refractivity contribution < 1.29 is 4.98 Å². The normalized spacial score (nSPS) is 11.1. The molecule has 3 rings (SSSR count). The number of nitrogens with one attached hydrogen (secondary N) is 2. The standard InChI is InChI=1S/C10H7N3/c1-3-12-6-10-7(1)8-5-11-4-2-9(8)13-10/h1-6,13H/p+1. The molecular weight excluding hydrogens is 162 g/mol. The zero-order valence-electron chi connectivity index (χ0n) is 6.91. The molecule has 0 fully saturated rings. The van der Waals surface area contributed by atoms with E-state index in [9.17, 15) is 0 Å². The molecule has 0 aliphatic heterocycles. The highest BCUT2D eigenvalue weighted by molar-refractivity contribution is 6.05. The number of nitrogens with zero attached hydrogens (tertiary/aromatic N) is 1. The fourth-order valence-electron chi connectivity index (χ4n) is 1.64. The van der Waals surface area contributed by atoms with Crippen LogP contribution in [-0.2, 0) is 0 Å². The molecule has 0 saturated carbocycles. The number of H-pyrrole nitrogens is 2. The monoisotopic (exact) mass is 170 g/mol. The summed E-state index contributed by atoms with van der Waals surface area (Å²) in [5.41, 5.74) is 2.22. The summed E-state index contributed by atoms with van der Waals surface area (Å²) in [5.74, 6) is 0. The largest absolute Gasteiger partial charge is 0.353 e. The second-order valence-corrected chi connectivity index (χ2v) is 3.02. The molecule has 0 aliphatic carbocycles. The van der Waals surface area contributed by atoms with Crippen molar-refractivity contribution in [2.75, 3.05) is 0 Å². The molecular formula is C10H8N3+. The van der Waals surface area contributed by atoms with Crippen LogP contribution in [0.15, 0.2) is 36.9 Å². The zero-order chi connectivity index (χ0) is 8.67. The van der Waals surface area contributed by atoms with Crippen molar-refractivity contribution in [2.24, 2.45) is 0 Å². The van der Waals surface area contributed by atoms with E-state index in [-0.39, 0.29) is 0 Å². The Balaban J connectivity index is 2.64. The molecule has 2 N–H and O–H groups in total. The Morgan fingerprint density at radius 3 is 3.15 bits per heavy atom. The third-order valence-corrected chi connectivity index (χ3v) is 2.24. The average molecular weight is 170 g/mol. The van der Waals surface area contributed by atoms with Crippen LogP contribution in [0, 0.1) is 0 Å². The van der Waals surface area contributed by atoms with Crippen molar-refractivity contribution in [1.29, 1.82) is 0 Å². The molecule has 0 bridgehead atoms. The van der Waals surface area contributed by atoms with Crippen molar-refractivity contribution in [3.05, 3.63) is 36.9 Å². The number of aromatic nitrogens is 3. The maximum atomic E-state index is 4.07. The molecule has 13 heavy (non-hydrogen) atoms. The molecule has 3 aromatic heterocycles. The number of aromatic amines is 2. The zero-order valence-corrected chi connectivity index (χ0v) is 6.91. The van der Waals surface area contributed by atoms with Crippen LogP contribution in [0.2, 0.25) is 0 Å². The smallest absolute Gasteiger partial charge is 0.177 e. The van der Waals surface area contributed by atoms with Gasteiger partial charge in [0.05, 0.1) is 22.6 Å². The number of rotatable bonds is 0. The van der Waals surface area contributed by atoms with Crippen molar-refractivity contribution >= 4 is 21.8 Å². The second-order valence-electron chi connectivity index (χ2n) is 3.02. The van der Waals surface area contributed by atoms with Gasteiger partial charge in [0.2, 0.25) is 0 Å². The van der Waals surface area contributed by atoms with E-state index in [0.717, 1.165) is 11.0 Å². The van der Waals surface area contributed by atoms with Gasteiger partial charge in [-0.25, -0.2) is 4.98 Å². The van der Waals surface area contributed by atoms with Gasteiger partial charge >= 0.3 is 0 Å². The first-order valence-electron chi connectivity index (χ1n) is 4.17. The Bertz CT molecular complexity index is 518. The second kappa shape index (κ2) is 2.29. The van der Waals surface area contributed by atoms with Crippen LogP contribution in [0.5, 0.6) is 0 Å². The van der Waals surface area contributed by atoms with E-state index in [1.54, 1.807) is 0 Å². The lowest BCUT2D eigenvalue weighted by Crippen LogP contribution is -1.96. The molecule has 62 valence electrons. The van der Waals surface area contributed by atoms with Crippen LogP contribution in [0.1, 0.15) is 0 Å². The van der Waals surface area contributed by atoms with E-state index in [2.05, 4.69) is 15.0 Å². The highest BCUT2D eigenvalue weighted by Gasteiger charge is 2.04. The van der Waals surface area contributed by atoms with Crippen molar-refractivity contribution in [2.45, 2.75) is 0 Å². The Labute approximate surface area is 74.4 Å². The molecule has 3 heterocycles. The molecule has 3 nitrogen and oxygen atoms in total. The summed E-state index contributed by atoms with van der Waals surface area (Å²) in [6, 6.07) is 4.04. The predicted molar refractivity (Wildman–Crippen MR) is 50.2 cm³/mol. The minimum Gasteiger partial charge on any atom is -0.353 e. The molecule has 0 aliphatic rings. The minimum absolute atomic E-state index is 1.08. The summed E-state index contributed by atoms with van der Waals surface area (Å²) >= 11 is 0. The summed E-state index contributed by atoms with van der Waals surface area (Å²) in [5, 5.41) is 2.42. The van der Waals surface area contributed by atoms with Gasteiger partial charge in [0.1, 0.15) is 0 Å². The van der Waals surface area contributed by atoms with Crippen LogP contribution < -0.4 is 4.98 Å². The van der Waals surface area contributed by atoms with Crippen LogP contribution in [0.25, 0.3) is 21.8 Å². The molecule has 0 spiro atoms. The lowest BCUT2D eigenvalue weighted by Gasteiger charge is -1.84. The molecule has 0 atom stereocenters. The third kappa shape index (κ3) is 0.839. The molecule has 0 amide bonds. The van der Waals surface area contributed by atoms with E-state index < -0.39 is 0 Å². The summed E-state index contributed by atoms with van der Waals surface area (Å²) in [6.07, 6.45) is 7.55. The molecule has 0 aromatic carbocycles. The van der Waals surface area contributed by atoms with Crippen molar-refractivity contribution in [3.8, 4) is 0 Å². The van der Waals surface area contributed by atoms with Crippen LogP contribution in [-0.4, -0.2) is 9.97 Å². The summed E-state index contributed by atoms with van der Waals surface area (Å²) in [4.78, 5) is 10.4. The SMILES string of the molecule is c1cc2c(cn1)[nH]c1cc[nH+]cc12. The highest BCUT2D eigenvalue weighted by atomic mass is 14.8. The minimum atomic E-state index is 1.08. The number of fused-ring (bicyclic) bond motifs is 3. The van der Waals surface area contributed by atoms with Crippen LogP contribution in [0.3, 0.4) is 0 Å². The topological polar surface area (TPSA) is 42.8 Å². The van der Waals surface area contributed by atoms with Crippen LogP contribution >= 0.6 is 0 Å². The lowest BCUT2D eigenvalue weighted by atomic mass is 10.2. The van der Waals surface area contributed by atoms with Crippen LogP contribution in [0.4, 0.5) is 0 Å². The fourth-order valence-corrected chi connectivity index (χ4v) is 1.64. The number of hydrogen-bond donors (Lipinski definition) is 1. The van der Waals surface area contributed by atoms with E-state index in [0.29, 0.717) is 0 Å². The molecule has 3 heteroatoms. The van der Waals surface area contributed by atoms with Gasteiger partial charge in [0.25, 0.3) is 0 Å². The third-order valence-electron chi connectivity index (χ3n) is 2.24. The van der Waals surface area contributed by atoms with Gasteiger partial charge in [-0.2, -0.15) is 0 Å². The van der Waals surface area contributed by atoms with E-state index in [1.807, 2.05) is 36.9 Å². The fraction of sp³-hybridized carbons (Fsp3) is 0. The molecule has 3 aromatic rings. The highest BCUT2D eigenvalue weighted by Crippen LogP contribution is 2.21. The maximum absolute atomic E-state index is 4.07. The van der Waals surface area contributed by atoms with E-state index in [4.69, 9.17) is 0 Å². The first-order valence-corrected chi connectivity index (χ1v) is 4.17. The van der Waals surface area contributed by atoms with Gasteiger partial charge in [-0.15, -0.1) is 0 Å². The Kier molecular flexibility index (Phi) is 1.16. The van der Waals surface area contributed by atoms with Crippen molar-refractivity contribution in [1.82, 2.24) is 9.97 Å². The number of pyridine rings is 2. The number of hydrogen-bond acceptors (Lipinski definition) is 1. The quantitative estimate of drug-likeness (QED) is 0.546. The first kappa shape index (κ1) is 6.60. The molecule has 0 unspecified atom stereocenters. The van der Waals surface area contributed by atoms with Gasteiger partial charge < -0.3 is 4.98 Å². The lowest BCUT2D eigenvalue weighted by molar-refractivity contribution is -0.375. The van der Waals surface area contributed by atoms with Gasteiger partial charge in [0.15, 0.2) is 12.4 Å². The van der Waals surface area contributed by atoms with E-state index >= 15 is 0 Å². The predicted octanol–water partition coefficient (Wildman–Crippen LogP) is 1.53. The summed E-state index contributed by atoms with van der Waals surface area (Å²) in [7, 11) is 0. The molecule has 0 radical (unpaired) electrons. The van der Waals surface area contributed by atoms with Crippen molar-refractivity contribution in [3.63, 3.8) is 0 Å². The summed E-state index contributed by atoms with van der Waals surface area (Å²) < 4.78 is 0. The van der Waals surface area contributed by atoms with Gasteiger partial charge in [-0.1, -0.05) is 0 Å². The van der Waals surface area contributed by atoms with Gasteiger partial charge in [0, 0.05) is 17.6 Å². The molecule has 0 saturated heterocycles. The Hall–Kier alpha value is -1.90. The van der Waals surface area contributed by atoms with Gasteiger partial charge in [-0.3, -0.25) is 4.98 Å². The first-order chi connectivity index (χ1) is 6.45. The Morgan fingerprint density at radius 1 is 1.15 bits per heavy atom. The Morgan fingerprint density at radius 2 is 2.15 bits per heavy atom. The van der Waals surface area contributed by atoms with Gasteiger partial charge in [-0.05, 0) is 6.07 Å².